The number of hydrogen-bond acceptors (Lipinski definition) is 3. The third-order valence-electron chi connectivity index (χ3n) is 15.1. The van der Waals surface area contributed by atoms with Crippen LogP contribution in [0.4, 0.5) is 0 Å². The number of aromatic nitrogens is 3. The number of nitrogens with zero attached hydrogens (tertiary/aromatic N) is 3. The van der Waals surface area contributed by atoms with Gasteiger partial charge in [-0.2, -0.15) is 0 Å². The van der Waals surface area contributed by atoms with Gasteiger partial charge in [0.15, 0.2) is 0 Å². The Morgan fingerprint density at radius 3 is 2.05 bits per heavy atom. The SMILES string of the molecule is CC(C)c1cc(-c2ccccc2)cc(C(C)C)c1-n1c(-c2[c-]cc3c(ccc4ccccc43)c2)nc2ccccc21.CC(C)c1ccnc(-c2[c-]ccc3c2oc2cc4c(cc23)C(C)(C)c2ccccc2-4)c1.[Ir]. The molecule has 1 aliphatic carbocycles. The molecule has 73 heavy (non-hydrogen) atoms. The average molecular weight is 1120 g/mol. The molecular weight excluding hydrogens is 1070 g/mol. The number of imidazole rings is 1. The first kappa shape index (κ1) is 47.9. The van der Waals surface area contributed by atoms with Crippen molar-refractivity contribution in [1.82, 2.24) is 14.5 Å². The molecule has 361 valence electrons. The Hall–Kier alpha value is -7.43. The Bertz CT molecular complexity index is 4030. The molecule has 5 heteroatoms. The molecule has 1 radical (unpaired) electrons. The van der Waals surface area contributed by atoms with Crippen LogP contribution < -0.4 is 0 Å². The summed E-state index contributed by atoms with van der Waals surface area (Å²) in [5, 5.41) is 7.19. The van der Waals surface area contributed by atoms with E-state index in [2.05, 4.69) is 247 Å². The Morgan fingerprint density at radius 2 is 1.27 bits per heavy atom. The fourth-order valence-corrected chi connectivity index (χ4v) is 11.2. The van der Waals surface area contributed by atoms with E-state index in [1.807, 2.05) is 12.3 Å². The van der Waals surface area contributed by atoms with Crippen molar-refractivity contribution in [2.45, 2.75) is 78.6 Å². The van der Waals surface area contributed by atoms with Crippen LogP contribution in [0.25, 0.3) is 105 Å². The maximum Gasteiger partial charge on any atom is 0.121 e. The molecule has 12 aromatic rings. The van der Waals surface area contributed by atoms with Crippen molar-refractivity contribution in [1.29, 1.82) is 0 Å². The van der Waals surface area contributed by atoms with Gasteiger partial charge in [-0.3, -0.25) is 4.98 Å². The van der Waals surface area contributed by atoms with E-state index >= 15 is 0 Å². The minimum Gasteiger partial charge on any atom is -0.501 e. The van der Waals surface area contributed by atoms with Crippen molar-refractivity contribution < 1.29 is 24.5 Å². The van der Waals surface area contributed by atoms with E-state index in [0.717, 1.165) is 55.6 Å². The Balaban J connectivity index is 0.000000161. The molecule has 0 saturated heterocycles. The van der Waals surface area contributed by atoms with E-state index in [4.69, 9.17) is 9.40 Å². The second-order valence-electron chi connectivity index (χ2n) is 21.0. The Morgan fingerprint density at radius 1 is 0.562 bits per heavy atom. The molecule has 13 rings (SSSR count). The number of rotatable bonds is 7. The molecule has 0 fully saturated rings. The third kappa shape index (κ3) is 8.20. The fourth-order valence-electron chi connectivity index (χ4n) is 11.2. The first-order valence-corrected chi connectivity index (χ1v) is 25.5. The van der Waals surface area contributed by atoms with Gasteiger partial charge in [-0.05, 0) is 116 Å². The topological polar surface area (TPSA) is 43.9 Å². The van der Waals surface area contributed by atoms with Gasteiger partial charge in [0.1, 0.15) is 5.58 Å². The first-order valence-electron chi connectivity index (χ1n) is 25.5. The summed E-state index contributed by atoms with van der Waals surface area (Å²) >= 11 is 0. The van der Waals surface area contributed by atoms with Crippen LogP contribution in [0.2, 0.25) is 0 Å². The molecular formula is C68H57IrN3O-2. The van der Waals surface area contributed by atoms with Gasteiger partial charge in [0.05, 0.1) is 22.4 Å². The van der Waals surface area contributed by atoms with Gasteiger partial charge in [0.25, 0.3) is 0 Å². The summed E-state index contributed by atoms with van der Waals surface area (Å²) in [6.45, 7) is 18.2. The Labute approximate surface area is 442 Å². The molecule has 0 bridgehead atoms. The van der Waals surface area contributed by atoms with Gasteiger partial charge in [-0.25, -0.2) is 0 Å². The summed E-state index contributed by atoms with van der Waals surface area (Å²) < 4.78 is 8.87. The van der Waals surface area contributed by atoms with Crippen LogP contribution in [0.3, 0.4) is 0 Å². The largest absolute Gasteiger partial charge is 0.501 e. The van der Waals surface area contributed by atoms with Gasteiger partial charge >= 0.3 is 0 Å². The normalized spacial score (nSPS) is 12.8. The first-order chi connectivity index (χ1) is 34.9. The number of benzene rings is 9. The van der Waals surface area contributed by atoms with E-state index in [1.165, 1.54) is 77.3 Å². The summed E-state index contributed by atoms with van der Waals surface area (Å²) in [7, 11) is 0. The molecule has 1 aliphatic rings. The van der Waals surface area contributed by atoms with Crippen LogP contribution in [-0.4, -0.2) is 14.5 Å². The summed E-state index contributed by atoms with van der Waals surface area (Å²) in [4.78, 5) is 9.88. The minimum atomic E-state index is -0.0272. The molecule has 0 unspecified atom stereocenters. The molecule has 0 amide bonds. The minimum absolute atomic E-state index is 0. The second-order valence-corrected chi connectivity index (χ2v) is 21.0. The standard InChI is InChI=1S/C39H33N2.C29H24NO.Ir/c1-25(2)34-23-31(27-12-6-5-7-13-27)24-35(26(3)4)38(34)41-37-17-11-10-16-36(37)40-39(41)30-20-21-33-29(22-30)19-18-28-14-8-9-15-32(28)33;1-17(2)18-12-13-30-26(14-18)21-10-7-9-20-23-15-25-22(16-27(23)31-28(20)21)19-8-5-6-11-24(19)29(25,3)4;/h5-19,21-26H,1-4H3;5-9,11-17H,1-4H3;/q2*-1;. The fraction of sp³-hybridized carbons (Fsp3) is 0.176. The molecule has 0 N–H and O–H groups in total. The number of para-hydroxylation sites is 2. The number of furan rings is 1. The number of pyridine rings is 1. The van der Waals surface area contributed by atoms with E-state index in [1.54, 1.807) is 0 Å². The molecule has 4 nitrogen and oxygen atoms in total. The zero-order valence-electron chi connectivity index (χ0n) is 42.6. The van der Waals surface area contributed by atoms with E-state index in [9.17, 15) is 0 Å². The van der Waals surface area contributed by atoms with Crippen LogP contribution in [0.1, 0.15) is 101 Å². The van der Waals surface area contributed by atoms with Crippen molar-refractivity contribution in [3.8, 4) is 50.6 Å². The number of fused-ring (bicyclic) bond motifs is 10. The third-order valence-corrected chi connectivity index (χ3v) is 15.1. The molecule has 3 aromatic heterocycles. The Kier molecular flexibility index (Phi) is 12.4. The molecule has 9 aromatic carbocycles. The second kappa shape index (κ2) is 18.9. The van der Waals surface area contributed by atoms with Gasteiger partial charge in [-0.15, -0.1) is 47.3 Å². The zero-order valence-corrected chi connectivity index (χ0v) is 45.0. The van der Waals surface area contributed by atoms with Gasteiger partial charge in [0.2, 0.25) is 0 Å². The summed E-state index contributed by atoms with van der Waals surface area (Å²) in [6.07, 6.45) is 1.88. The summed E-state index contributed by atoms with van der Waals surface area (Å²) in [5.41, 5.74) is 19.7. The van der Waals surface area contributed by atoms with Crippen molar-refractivity contribution in [2.24, 2.45) is 0 Å². The van der Waals surface area contributed by atoms with E-state index in [-0.39, 0.29) is 25.5 Å². The quantitative estimate of drug-likeness (QED) is 0.118. The van der Waals surface area contributed by atoms with Crippen LogP contribution in [0.15, 0.2) is 187 Å². The predicted molar refractivity (Wildman–Crippen MR) is 301 cm³/mol. The maximum absolute atomic E-state index is 6.48. The van der Waals surface area contributed by atoms with E-state index < -0.39 is 0 Å². The van der Waals surface area contributed by atoms with Crippen molar-refractivity contribution >= 4 is 54.5 Å². The van der Waals surface area contributed by atoms with E-state index in [0.29, 0.717) is 17.8 Å². The smallest absolute Gasteiger partial charge is 0.121 e. The molecule has 0 spiro atoms. The van der Waals surface area contributed by atoms with Gasteiger partial charge in [-0.1, -0.05) is 192 Å². The predicted octanol–water partition coefficient (Wildman–Crippen LogP) is 18.6. The molecule has 0 saturated carbocycles. The van der Waals surface area contributed by atoms with Gasteiger partial charge < -0.3 is 14.0 Å². The molecule has 0 atom stereocenters. The maximum atomic E-state index is 6.48. The van der Waals surface area contributed by atoms with Crippen molar-refractivity contribution in [3.63, 3.8) is 0 Å². The van der Waals surface area contributed by atoms with Crippen molar-refractivity contribution in [2.75, 3.05) is 0 Å². The van der Waals surface area contributed by atoms with Crippen LogP contribution in [0, 0.1) is 12.1 Å². The van der Waals surface area contributed by atoms with Crippen LogP contribution >= 0.6 is 0 Å². The van der Waals surface area contributed by atoms with Gasteiger partial charge in [0, 0.05) is 42.8 Å². The monoisotopic (exact) mass is 1120 g/mol. The summed E-state index contributed by atoms with van der Waals surface area (Å²) in [5.74, 6) is 2.03. The molecule has 0 aliphatic heterocycles. The van der Waals surface area contributed by atoms with Crippen molar-refractivity contribution in [3.05, 3.63) is 222 Å². The number of hydrogen-bond donors (Lipinski definition) is 0. The summed E-state index contributed by atoms with van der Waals surface area (Å²) in [6, 6.07) is 70.0. The van der Waals surface area contributed by atoms with Crippen LogP contribution in [0.5, 0.6) is 0 Å². The molecule has 3 heterocycles. The average Bonchev–Trinajstić information content (AvgIpc) is 4.05. The zero-order chi connectivity index (χ0) is 49.4. The van der Waals surface area contributed by atoms with Crippen LogP contribution in [-0.2, 0) is 25.5 Å².